The molecule has 1 aliphatic rings. The van der Waals surface area contributed by atoms with Gasteiger partial charge in [-0.3, -0.25) is 0 Å². The molecule has 0 radical (unpaired) electrons. The molecule has 5 nitrogen and oxygen atoms in total. The minimum atomic E-state index is -0.502. The summed E-state index contributed by atoms with van der Waals surface area (Å²) in [5.41, 5.74) is 5.64. The molecular formula is C20H25NO4. The number of ether oxygens (including phenoxy) is 2. The van der Waals surface area contributed by atoms with E-state index >= 15 is 0 Å². The Labute approximate surface area is 149 Å². The second kappa shape index (κ2) is 8.51. The van der Waals surface area contributed by atoms with Gasteiger partial charge in [0.1, 0.15) is 19.5 Å². The fourth-order valence-corrected chi connectivity index (χ4v) is 2.79. The number of carbonyl (C=O) groups excluding carboxylic acids is 1. The molecule has 0 amide bonds. The van der Waals surface area contributed by atoms with Crippen molar-refractivity contribution in [2.75, 3.05) is 20.8 Å². The Hall–Kier alpha value is -2.56. The lowest BCUT2D eigenvalue weighted by Gasteiger charge is -2.23. The normalized spacial score (nSPS) is 15.3. The standard InChI is InChI=1S/C20H25NO4/c1-13-8-6-7-9-18(13)25-12-16-10-14(2)15(3)11-17(16)19(21-24-5)20(22)23-4/h6-9H,10-12H2,1-5H3/b21-19-. The van der Waals surface area contributed by atoms with E-state index in [9.17, 15) is 4.79 Å². The van der Waals surface area contributed by atoms with Crippen molar-refractivity contribution < 1.29 is 19.1 Å². The van der Waals surface area contributed by atoms with Crippen LogP contribution in [-0.2, 0) is 14.4 Å². The highest BCUT2D eigenvalue weighted by atomic mass is 16.6. The van der Waals surface area contributed by atoms with Crippen LogP contribution in [0.4, 0.5) is 0 Å². The molecule has 0 bridgehead atoms. The minimum absolute atomic E-state index is 0.209. The molecule has 0 spiro atoms. The van der Waals surface area contributed by atoms with Crippen molar-refractivity contribution >= 4 is 11.7 Å². The van der Waals surface area contributed by atoms with Crippen LogP contribution in [0, 0.1) is 6.92 Å². The summed E-state index contributed by atoms with van der Waals surface area (Å²) in [6.45, 7) is 6.57. The van der Waals surface area contributed by atoms with Crippen molar-refractivity contribution in [1.29, 1.82) is 0 Å². The van der Waals surface area contributed by atoms with E-state index in [-0.39, 0.29) is 5.71 Å². The Morgan fingerprint density at radius 3 is 2.40 bits per heavy atom. The number of rotatable bonds is 6. The Kier molecular flexibility index (Phi) is 6.39. The Balaban J connectivity index is 2.34. The number of nitrogens with zero attached hydrogens (tertiary/aromatic N) is 1. The molecule has 5 heteroatoms. The zero-order valence-electron chi connectivity index (χ0n) is 15.5. The van der Waals surface area contributed by atoms with Gasteiger partial charge in [0.05, 0.1) is 7.11 Å². The molecule has 1 aliphatic carbocycles. The molecule has 25 heavy (non-hydrogen) atoms. The molecule has 0 unspecified atom stereocenters. The molecule has 0 saturated heterocycles. The first-order valence-electron chi connectivity index (χ1n) is 8.22. The van der Waals surface area contributed by atoms with Crippen LogP contribution >= 0.6 is 0 Å². The summed E-state index contributed by atoms with van der Waals surface area (Å²) in [7, 11) is 2.76. The first-order valence-corrected chi connectivity index (χ1v) is 8.22. The monoisotopic (exact) mass is 343 g/mol. The van der Waals surface area contributed by atoms with Crippen molar-refractivity contribution in [3.63, 3.8) is 0 Å². The van der Waals surface area contributed by atoms with Gasteiger partial charge in [-0.2, -0.15) is 0 Å². The highest BCUT2D eigenvalue weighted by Gasteiger charge is 2.26. The van der Waals surface area contributed by atoms with Crippen LogP contribution in [0.15, 0.2) is 51.7 Å². The lowest BCUT2D eigenvalue weighted by Crippen LogP contribution is -2.24. The largest absolute Gasteiger partial charge is 0.489 e. The molecule has 0 saturated carbocycles. The van der Waals surface area contributed by atoms with Crippen LogP contribution in [-0.4, -0.2) is 32.5 Å². The maximum Gasteiger partial charge on any atom is 0.360 e. The van der Waals surface area contributed by atoms with Crippen molar-refractivity contribution in [3.05, 3.63) is 52.1 Å². The van der Waals surface area contributed by atoms with Crippen molar-refractivity contribution in [1.82, 2.24) is 0 Å². The quantitative estimate of drug-likeness (QED) is 0.339. The van der Waals surface area contributed by atoms with Gasteiger partial charge in [-0.1, -0.05) is 34.5 Å². The van der Waals surface area contributed by atoms with Gasteiger partial charge in [0.15, 0.2) is 5.71 Å². The third-order valence-corrected chi connectivity index (χ3v) is 4.42. The third kappa shape index (κ3) is 4.50. The molecule has 0 fully saturated rings. The number of oxime groups is 1. The van der Waals surface area contributed by atoms with E-state index in [1.807, 2.05) is 31.2 Å². The molecule has 1 aromatic carbocycles. The van der Waals surface area contributed by atoms with Gasteiger partial charge < -0.3 is 14.3 Å². The predicted octanol–water partition coefficient (Wildman–Crippen LogP) is 3.98. The summed E-state index contributed by atoms with van der Waals surface area (Å²) in [5, 5.41) is 3.91. The van der Waals surface area contributed by atoms with Crippen molar-refractivity contribution in [3.8, 4) is 5.75 Å². The molecular weight excluding hydrogens is 318 g/mol. The second-order valence-electron chi connectivity index (χ2n) is 6.16. The Morgan fingerprint density at radius 2 is 1.76 bits per heavy atom. The number of benzene rings is 1. The Bertz CT molecular complexity index is 744. The number of aryl methyl sites for hydroxylation is 1. The van der Waals surface area contributed by atoms with Crippen molar-refractivity contribution in [2.45, 2.75) is 33.6 Å². The lowest BCUT2D eigenvalue weighted by molar-refractivity contribution is -0.132. The number of carbonyl (C=O) groups is 1. The summed E-state index contributed by atoms with van der Waals surface area (Å²) in [6.07, 6.45) is 1.38. The number of hydrogen-bond donors (Lipinski definition) is 0. The molecule has 2 rings (SSSR count). The summed E-state index contributed by atoms with van der Waals surface area (Å²) in [6, 6.07) is 7.87. The van der Waals surface area contributed by atoms with Crippen LogP contribution < -0.4 is 4.74 Å². The summed E-state index contributed by atoms with van der Waals surface area (Å²) in [4.78, 5) is 17.0. The average molecular weight is 343 g/mol. The van der Waals surface area contributed by atoms with Crippen LogP contribution in [0.2, 0.25) is 0 Å². The zero-order chi connectivity index (χ0) is 18.4. The second-order valence-corrected chi connectivity index (χ2v) is 6.16. The molecule has 0 heterocycles. The third-order valence-electron chi connectivity index (χ3n) is 4.42. The topological polar surface area (TPSA) is 57.1 Å². The SMILES string of the molecule is CO/N=C(\C(=O)OC)C1=C(COc2ccccc2C)CC(C)=C(C)C1. The van der Waals surface area contributed by atoms with Gasteiger partial charge in [0.25, 0.3) is 0 Å². The van der Waals surface area contributed by atoms with Crippen molar-refractivity contribution in [2.24, 2.45) is 5.16 Å². The number of para-hydroxylation sites is 1. The lowest BCUT2D eigenvalue weighted by atomic mass is 9.85. The molecule has 0 atom stereocenters. The van der Waals surface area contributed by atoms with Crippen LogP contribution in [0.25, 0.3) is 0 Å². The van der Waals surface area contributed by atoms with Gasteiger partial charge in [-0.25, -0.2) is 4.79 Å². The number of esters is 1. The van der Waals surface area contributed by atoms with E-state index in [0.29, 0.717) is 13.0 Å². The van der Waals surface area contributed by atoms with Gasteiger partial charge in [0, 0.05) is 0 Å². The number of allylic oxidation sites excluding steroid dienone is 2. The van der Waals surface area contributed by atoms with Gasteiger partial charge in [-0.05, 0) is 56.4 Å². The van der Waals surface area contributed by atoms with E-state index in [2.05, 4.69) is 19.0 Å². The van der Waals surface area contributed by atoms with Gasteiger partial charge >= 0.3 is 5.97 Å². The number of methoxy groups -OCH3 is 1. The van der Waals surface area contributed by atoms with E-state index in [1.165, 1.54) is 25.4 Å². The summed E-state index contributed by atoms with van der Waals surface area (Å²) >= 11 is 0. The maximum atomic E-state index is 12.1. The first kappa shape index (κ1) is 18.8. The highest BCUT2D eigenvalue weighted by Crippen LogP contribution is 2.31. The highest BCUT2D eigenvalue weighted by molar-refractivity contribution is 6.43. The van der Waals surface area contributed by atoms with Gasteiger partial charge in [-0.15, -0.1) is 0 Å². The molecule has 0 aliphatic heterocycles. The maximum absolute atomic E-state index is 12.1. The fraction of sp³-hybridized carbons (Fsp3) is 0.400. The fourth-order valence-electron chi connectivity index (χ4n) is 2.79. The van der Waals surface area contributed by atoms with Crippen LogP contribution in [0.3, 0.4) is 0 Å². The van der Waals surface area contributed by atoms with Gasteiger partial charge in [0.2, 0.25) is 0 Å². The summed E-state index contributed by atoms with van der Waals surface area (Å²) in [5.74, 6) is 0.333. The Morgan fingerprint density at radius 1 is 1.08 bits per heavy atom. The van der Waals surface area contributed by atoms with Crippen LogP contribution in [0.5, 0.6) is 5.75 Å². The van der Waals surface area contributed by atoms with E-state index in [1.54, 1.807) is 0 Å². The summed E-state index contributed by atoms with van der Waals surface area (Å²) < 4.78 is 10.9. The minimum Gasteiger partial charge on any atom is -0.489 e. The first-order chi connectivity index (χ1) is 12.0. The average Bonchev–Trinajstić information content (AvgIpc) is 2.61. The van der Waals surface area contributed by atoms with E-state index in [0.717, 1.165) is 28.9 Å². The number of hydrogen-bond acceptors (Lipinski definition) is 5. The molecule has 1 aromatic rings. The predicted molar refractivity (Wildman–Crippen MR) is 97.8 cm³/mol. The zero-order valence-corrected chi connectivity index (χ0v) is 15.5. The van der Waals surface area contributed by atoms with E-state index < -0.39 is 5.97 Å². The molecule has 0 aromatic heterocycles. The van der Waals surface area contributed by atoms with Crippen LogP contribution in [0.1, 0.15) is 32.3 Å². The molecule has 134 valence electrons. The molecule has 0 N–H and O–H groups in total. The van der Waals surface area contributed by atoms with E-state index in [4.69, 9.17) is 14.3 Å². The smallest absolute Gasteiger partial charge is 0.360 e.